The minimum atomic E-state index is -0.0561. The molecule has 0 radical (unpaired) electrons. The number of carbonyl (C=O) groups is 1. The van der Waals surface area contributed by atoms with Crippen LogP contribution in [0.1, 0.15) is 34.6 Å². The Bertz CT molecular complexity index is 1230. The van der Waals surface area contributed by atoms with E-state index in [0.29, 0.717) is 25.2 Å². The Hall–Kier alpha value is -3.00. The minimum Gasteiger partial charge on any atom is -0.311 e. The molecule has 0 aliphatic rings. The Morgan fingerprint density at radius 3 is 2.77 bits per heavy atom. The van der Waals surface area contributed by atoms with E-state index in [1.54, 1.807) is 10.9 Å². The highest BCUT2D eigenvalue weighted by molar-refractivity contribution is 9.10. The van der Waals surface area contributed by atoms with Gasteiger partial charge in [-0.25, -0.2) is 14.2 Å². The molecule has 0 aliphatic heterocycles. The molecule has 7 nitrogen and oxygen atoms in total. The van der Waals surface area contributed by atoms with Crippen LogP contribution in [0.4, 0.5) is 5.82 Å². The van der Waals surface area contributed by atoms with Gasteiger partial charge in [-0.1, -0.05) is 34.1 Å². The number of benzene rings is 1. The highest BCUT2D eigenvalue weighted by atomic mass is 79.9. The number of fused-ring (bicyclic) bond motifs is 1. The molecule has 154 valence electrons. The van der Waals surface area contributed by atoms with Crippen LogP contribution in [0.25, 0.3) is 5.65 Å². The number of nitrogens with zero attached hydrogens (tertiary/aromatic N) is 5. The maximum Gasteiger partial charge on any atom is 0.225 e. The fourth-order valence-electron chi connectivity index (χ4n) is 3.60. The van der Waals surface area contributed by atoms with Crippen molar-refractivity contribution in [3.05, 3.63) is 75.3 Å². The number of aromatic nitrogens is 5. The number of halogens is 1. The van der Waals surface area contributed by atoms with E-state index in [4.69, 9.17) is 0 Å². The summed E-state index contributed by atoms with van der Waals surface area (Å²) in [5, 5.41) is 11.8. The van der Waals surface area contributed by atoms with Gasteiger partial charge < -0.3 is 5.32 Å². The van der Waals surface area contributed by atoms with Crippen molar-refractivity contribution in [2.45, 2.75) is 40.2 Å². The number of amides is 1. The van der Waals surface area contributed by atoms with E-state index in [1.165, 1.54) is 0 Å². The van der Waals surface area contributed by atoms with Crippen LogP contribution in [0.5, 0.6) is 0 Å². The summed E-state index contributed by atoms with van der Waals surface area (Å²) in [5.41, 5.74) is 5.88. The van der Waals surface area contributed by atoms with Gasteiger partial charge in [-0.2, -0.15) is 10.2 Å². The largest absolute Gasteiger partial charge is 0.311 e. The van der Waals surface area contributed by atoms with Crippen LogP contribution >= 0.6 is 15.9 Å². The van der Waals surface area contributed by atoms with Crippen molar-refractivity contribution >= 4 is 33.3 Å². The Morgan fingerprint density at radius 1 is 1.17 bits per heavy atom. The molecule has 0 saturated carbocycles. The van der Waals surface area contributed by atoms with Crippen LogP contribution in [-0.4, -0.2) is 30.3 Å². The lowest BCUT2D eigenvalue weighted by Crippen LogP contribution is -2.17. The van der Waals surface area contributed by atoms with Crippen LogP contribution < -0.4 is 5.32 Å². The predicted molar refractivity (Wildman–Crippen MR) is 120 cm³/mol. The normalized spacial score (nSPS) is 11.2. The predicted octanol–water partition coefficient (Wildman–Crippen LogP) is 4.23. The zero-order chi connectivity index (χ0) is 21.3. The van der Waals surface area contributed by atoms with Gasteiger partial charge in [0.1, 0.15) is 5.82 Å². The lowest BCUT2D eigenvalue weighted by atomic mass is 10.1. The molecule has 1 aromatic carbocycles. The summed E-state index contributed by atoms with van der Waals surface area (Å²) in [6.07, 6.45) is 2.65. The van der Waals surface area contributed by atoms with Gasteiger partial charge in [0.25, 0.3) is 0 Å². The standard InChI is InChI=1S/C22H23BrN6O/c1-14-12-21-25-15(2)18(16(3)29(21)27-14)8-9-22(30)26-20-10-11-24-28(20)13-17-6-4-5-7-19(17)23/h4-7,10-12H,8-9,13H2,1-3H3,(H,26,30). The van der Waals surface area contributed by atoms with Gasteiger partial charge >= 0.3 is 0 Å². The van der Waals surface area contributed by atoms with Crippen molar-refractivity contribution in [3.8, 4) is 0 Å². The third-order valence-electron chi connectivity index (χ3n) is 5.15. The molecule has 0 saturated heterocycles. The third kappa shape index (κ3) is 4.14. The van der Waals surface area contributed by atoms with Crippen LogP contribution in [0.15, 0.2) is 47.1 Å². The average Bonchev–Trinajstić information content (AvgIpc) is 3.29. The van der Waals surface area contributed by atoms with Crippen LogP contribution in [0.2, 0.25) is 0 Å². The molecule has 0 aliphatic carbocycles. The number of aryl methyl sites for hydroxylation is 3. The summed E-state index contributed by atoms with van der Waals surface area (Å²) in [5.74, 6) is 0.625. The number of nitrogens with one attached hydrogen (secondary N) is 1. The van der Waals surface area contributed by atoms with Crippen LogP contribution in [0, 0.1) is 20.8 Å². The second-order valence-electron chi connectivity index (χ2n) is 7.33. The molecule has 0 spiro atoms. The second kappa shape index (κ2) is 8.39. The molecule has 1 amide bonds. The molecular weight excluding hydrogens is 444 g/mol. The van der Waals surface area contributed by atoms with E-state index >= 15 is 0 Å². The Kier molecular flexibility index (Phi) is 5.67. The lowest BCUT2D eigenvalue weighted by Gasteiger charge is -2.12. The quantitative estimate of drug-likeness (QED) is 0.461. The molecule has 0 fully saturated rings. The summed E-state index contributed by atoms with van der Waals surface area (Å²) in [4.78, 5) is 17.3. The number of hydrogen-bond acceptors (Lipinski definition) is 4. The molecule has 0 bridgehead atoms. The zero-order valence-corrected chi connectivity index (χ0v) is 18.8. The van der Waals surface area contributed by atoms with Gasteiger partial charge in [0.15, 0.2) is 5.65 Å². The molecular formula is C22H23BrN6O. The molecule has 4 aromatic rings. The SMILES string of the molecule is Cc1cc2nc(C)c(CCC(=O)Nc3ccnn3Cc3ccccc3Br)c(C)n2n1. The topological polar surface area (TPSA) is 77.1 Å². The van der Waals surface area contributed by atoms with Crippen molar-refractivity contribution in [1.29, 1.82) is 0 Å². The van der Waals surface area contributed by atoms with E-state index in [9.17, 15) is 4.79 Å². The number of rotatable bonds is 6. The number of anilines is 1. The van der Waals surface area contributed by atoms with Crippen molar-refractivity contribution in [1.82, 2.24) is 24.4 Å². The molecule has 8 heteroatoms. The van der Waals surface area contributed by atoms with E-state index in [1.807, 2.05) is 61.7 Å². The summed E-state index contributed by atoms with van der Waals surface area (Å²) in [7, 11) is 0. The van der Waals surface area contributed by atoms with Gasteiger partial charge in [-0.3, -0.25) is 4.79 Å². The van der Waals surface area contributed by atoms with Crippen molar-refractivity contribution in [2.24, 2.45) is 0 Å². The van der Waals surface area contributed by atoms with Gasteiger partial charge in [-0.05, 0) is 44.4 Å². The van der Waals surface area contributed by atoms with Crippen molar-refractivity contribution in [3.63, 3.8) is 0 Å². The highest BCUT2D eigenvalue weighted by Gasteiger charge is 2.14. The summed E-state index contributed by atoms with van der Waals surface area (Å²) < 4.78 is 4.65. The van der Waals surface area contributed by atoms with E-state index in [2.05, 4.69) is 36.4 Å². The number of hydrogen-bond donors (Lipinski definition) is 1. The number of carbonyl (C=O) groups excluding carboxylic acids is 1. The van der Waals surface area contributed by atoms with E-state index < -0.39 is 0 Å². The molecule has 4 rings (SSSR count). The second-order valence-corrected chi connectivity index (χ2v) is 8.18. The van der Waals surface area contributed by atoms with Gasteiger partial charge in [0.05, 0.1) is 18.4 Å². The summed E-state index contributed by atoms with van der Waals surface area (Å²) in [6.45, 7) is 6.53. The Morgan fingerprint density at radius 2 is 1.97 bits per heavy atom. The van der Waals surface area contributed by atoms with Gasteiger partial charge in [0, 0.05) is 34.4 Å². The van der Waals surface area contributed by atoms with E-state index in [-0.39, 0.29) is 5.91 Å². The zero-order valence-electron chi connectivity index (χ0n) is 17.2. The molecule has 1 N–H and O–H groups in total. The molecule has 0 unspecified atom stereocenters. The van der Waals surface area contributed by atoms with E-state index in [0.717, 1.165) is 38.3 Å². The first kappa shape index (κ1) is 20.3. The maximum atomic E-state index is 12.6. The first-order valence-corrected chi connectivity index (χ1v) is 10.6. The first-order valence-electron chi connectivity index (χ1n) is 9.80. The summed E-state index contributed by atoms with van der Waals surface area (Å²) >= 11 is 3.56. The molecule has 0 atom stereocenters. The maximum absolute atomic E-state index is 12.6. The van der Waals surface area contributed by atoms with Crippen LogP contribution in [0.3, 0.4) is 0 Å². The fourth-order valence-corrected chi connectivity index (χ4v) is 4.01. The van der Waals surface area contributed by atoms with Crippen molar-refractivity contribution in [2.75, 3.05) is 5.32 Å². The van der Waals surface area contributed by atoms with Gasteiger partial charge in [-0.15, -0.1) is 0 Å². The first-order chi connectivity index (χ1) is 14.4. The van der Waals surface area contributed by atoms with Gasteiger partial charge in [0.2, 0.25) is 5.91 Å². The Balaban J connectivity index is 1.45. The third-order valence-corrected chi connectivity index (χ3v) is 5.92. The summed E-state index contributed by atoms with van der Waals surface area (Å²) in [6, 6.07) is 11.8. The van der Waals surface area contributed by atoms with Crippen molar-refractivity contribution < 1.29 is 4.79 Å². The highest BCUT2D eigenvalue weighted by Crippen LogP contribution is 2.20. The molecule has 30 heavy (non-hydrogen) atoms. The minimum absolute atomic E-state index is 0.0561. The fraction of sp³-hybridized carbons (Fsp3) is 0.273. The smallest absolute Gasteiger partial charge is 0.225 e. The lowest BCUT2D eigenvalue weighted by molar-refractivity contribution is -0.116. The van der Waals surface area contributed by atoms with Crippen LogP contribution in [-0.2, 0) is 17.8 Å². The Labute approximate surface area is 183 Å². The molecule has 3 heterocycles. The monoisotopic (exact) mass is 466 g/mol. The molecule has 3 aromatic heterocycles. The average molecular weight is 467 g/mol.